The Morgan fingerprint density at radius 2 is 1.07 bits per heavy atom. The van der Waals surface area contributed by atoms with E-state index in [1.54, 1.807) is 0 Å². The number of nitrogens with one attached hydrogen (secondary N) is 1. The van der Waals surface area contributed by atoms with E-state index in [0.29, 0.717) is 0 Å². The maximum atomic E-state index is 6.94. The van der Waals surface area contributed by atoms with Gasteiger partial charge in [0, 0.05) is 0 Å². The average Bonchev–Trinajstić information content (AvgIpc) is 3.21. The Balaban J connectivity index is 0.000000691. The summed E-state index contributed by atoms with van der Waals surface area (Å²) < 4.78 is 0. The van der Waals surface area contributed by atoms with Crippen LogP contribution in [-0.4, -0.2) is 15.1 Å². The van der Waals surface area contributed by atoms with E-state index in [0.717, 1.165) is 6.42 Å². The van der Waals surface area contributed by atoms with Crippen molar-refractivity contribution in [2.45, 2.75) is 85.1 Å². The van der Waals surface area contributed by atoms with Gasteiger partial charge in [-0.25, -0.2) is 0 Å². The summed E-state index contributed by atoms with van der Waals surface area (Å²) in [7, 11) is 0.271. The first kappa shape index (κ1) is 40.4. The molecule has 0 saturated carbocycles. The second kappa shape index (κ2) is 17.0. The van der Waals surface area contributed by atoms with Gasteiger partial charge in [0.2, 0.25) is 0 Å². The van der Waals surface area contributed by atoms with Crippen molar-refractivity contribution in [2.75, 3.05) is 0 Å². The van der Waals surface area contributed by atoms with Gasteiger partial charge in [-0.15, -0.1) is 16.7 Å². The molecule has 221 valence electrons. The molecule has 0 aliphatic heterocycles. The molecule has 0 heterocycles. The van der Waals surface area contributed by atoms with Crippen LogP contribution in [0.5, 0.6) is 0 Å². The summed E-state index contributed by atoms with van der Waals surface area (Å²) in [5.41, 5.74) is 15.4. The third-order valence-electron chi connectivity index (χ3n) is 6.40. The summed E-state index contributed by atoms with van der Waals surface area (Å²) in [4.78, 5) is 0. The first-order valence-corrected chi connectivity index (χ1v) is 15.2. The average molecular weight is 652 g/mol. The van der Waals surface area contributed by atoms with E-state index in [9.17, 15) is 0 Å². The van der Waals surface area contributed by atoms with Gasteiger partial charge in [0.25, 0.3) is 0 Å². The van der Waals surface area contributed by atoms with Gasteiger partial charge >= 0.3 is 21.7 Å². The zero-order valence-corrected chi connectivity index (χ0v) is 30.9. The minimum absolute atomic E-state index is 0. The maximum absolute atomic E-state index is 6.94. The second-order valence-corrected chi connectivity index (χ2v) is 15.2. The van der Waals surface area contributed by atoms with Crippen LogP contribution >= 0.6 is 0 Å². The summed E-state index contributed by atoms with van der Waals surface area (Å²) in [6.07, 6.45) is 1.03. The fourth-order valence-electron chi connectivity index (χ4n) is 4.32. The molecule has 4 aromatic rings. The molecule has 1 radical (unpaired) electrons. The van der Waals surface area contributed by atoms with Gasteiger partial charge in [0.05, 0.1) is 0 Å². The standard InChI is InChI=1S/C21H25.C12H11Si.C4H10N.2ClH.Ti/c1-20(2,3)16-7-9-18-14(12-16)11-15-13-17(21(4,5)6)8-10-19(15)18;1-3-7-11(8-4-1)13-12-9-5-2-6-10-12;1-4(2,3)5;;;/h7-10,12H,11H2,1-6H3;1-10,13H;5H,1-3H3;2*1H;/q-1;;-1;;;+4/p-2. The van der Waals surface area contributed by atoms with E-state index in [2.05, 4.69) is 139 Å². The predicted octanol–water partition coefficient (Wildman–Crippen LogP) is 2.57. The maximum Gasteiger partial charge on any atom is 4.00 e. The van der Waals surface area contributed by atoms with Gasteiger partial charge in [-0.2, -0.15) is 23.8 Å². The van der Waals surface area contributed by atoms with E-state index in [4.69, 9.17) is 5.73 Å². The predicted molar refractivity (Wildman–Crippen MR) is 174 cm³/mol. The molecule has 1 aliphatic rings. The molecule has 1 aliphatic carbocycles. The summed E-state index contributed by atoms with van der Waals surface area (Å²) in [6.45, 7) is 19.2. The van der Waals surface area contributed by atoms with Crippen LogP contribution in [0.25, 0.3) is 16.9 Å². The van der Waals surface area contributed by atoms with Crippen LogP contribution in [0, 0.1) is 6.07 Å². The van der Waals surface area contributed by atoms with Crippen LogP contribution in [0.2, 0.25) is 0 Å². The first-order valence-electron chi connectivity index (χ1n) is 14.0. The third-order valence-corrected chi connectivity index (χ3v) is 7.83. The molecule has 5 heteroatoms. The summed E-state index contributed by atoms with van der Waals surface area (Å²) in [5.74, 6) is 0. The van der Waals surface area contributed by atoms with E-state index in [1.807, 2.05) is 20.8 Å². The van der Waals surface area contributed by atoms with Crippen LogP contribution in [0.3, 0.4) is 0 Å². The smallest absolute Gasteiger partial charge is 1.00 e. The Morgan fingerprint density at radius 3 is 1.50 bits per heavy atom. The van der Waals surface area contributed by atoms with E-state index >= 15 is 0 Å². The molecule has 0 bridgehead atoms. The van der Waals surface area contributed by atoms with Crippen molar-refractivity contribution >= 4 is 19.9 Å². The Bertz CT molecular complexity index is 1250. The van der Waals surface area contributed by atoms with Crippen molar-refractivity contribution in [1.82, 2.24) is 0 Å². The molecule has 0 fully saturated rings. The van der Waals surface area contributed by atoms with Crippen molar-refractivity contribution in [1.29, 1.82) is 0 Å². The Labute approximate surface area is 286 Å². The van der Waals surface area contributed by atoms with Crippen LogP contribution in [0.1, 0.15) is 84.6 Å². The molecular formula is C37H46Cl2NSiTi. The molecule has 1 N–H and O–H groups in total. The Morgan fingerprint density at radius 1 is 0.619 bits per heavy atom. The quantitative estimate of drug-likeness (QED) is 0.207. The van der Waals surface area contributed by atoms with Crippen LogP contribution in [-0.2, 0) is 39.0 Å². The first-order chi connectivity index (χ1) is 18.1. The monoisotopic (exact) mass is 650 g/mol. The number of fused-ring (bicyclic) bond motifs is 3. The Hall–Kier alpha value is -1.65. The fourth-order valence-corrected chi connectivity index (χ4v) is 5.53. The Kier molecular flexibility index (Phi) is 16.3. The third kappa shape index (κ3) is 12.9. The zero-order valence-electron chi connectivity index (χ0n) is 26.7. The van der Waals surface area contributed by atoms with Crippen molar-refractivity contribution in [2.24, 2.45) is 0 Å². The number of halogens is 2. The molecule has 4 aromatic carbocycles. The van der Waals surface area contributed by atoms with Gasteiger partial charge in [-0.05, 0) is 28.4 Å². The minimum atomic E-state index is -0.250. The molecule has 5 rings (SSSR count). The molecule has 0 aromatic heterocycles. The van der Waals surface area contributed by atoms with Gasteiger partial charge < -0.3 is 30.5 Å². The number of benzene rings is 4. The normalized spacial score (nSPS) is 11.5. The van der Waals surface area contributed by atoms with Crippen molar-refractivity contribution < 1.29 is 46.5 Å². The number of hydrogen-bond donors (Lipinski definition) is 0. The van der Waals surface area contributed by atoms with Crippen molar-refractivity contribution in [3.8, 4) is 11.1 Å². The van der Waals surface area contributed by atoms with Gasteiger partial charge in [-0.3, -0.25) is 0 Å². The van der Waals surface area contributed by atoms with Gasteiger partial charge in [-0.1, -0.05) is 157 Å². The van der Waals surface area contributed by atoms with Crippen LogP contribution in [0.15, 0.2) is 91.0 Å². The van der Waals surface area contributed by atoms with Gasteiger partial charge in [0.1, 0.15) is 9.52 Å². The van der Waals surface area contributed by atoms with E-state index in [-0.39, 0.29) is 72.4 Å². The summed E-state index contributed by atoms with van der Waals surface area (Å²) >= 11 is 0. The van der Waals surface area contributed by atoms with Crippen molar-refractivity contribution in [3.05, 3.63) is 125 Å². The number of hydrogen-bond acceptors (Lipinski definition) is 0. The molecule has 0 spiro atoms. The fraction of sp³-hybridized carbons (Fsp3) is 0.351. The molecule has 0 unspecified atom stereocenters. The molecule has 0 amide bonds. The molecule has 42 heavy (non-hydrogen) atoms. The van der Waals surface area contributed by atoms with Crippen LogP contribution in [0.4, 0.5) is 0 Å². The van der Waals surface area contributed by atoms with Crippen LogP contribution < -0.4 is 35.2 Å². The zero-order chi connectivity index (χ0) is 28.8. The topological polar surface area (TPSA) is 23.8 Å². The summed E-state index contributed by atoms with van der Waals surface area (Å²) in [5, 5.41) is 2.90. The molecular weight excluding hydrogens is 605 g/mol. The molecule has 0 saturated heterocycles. The summed E-state index contributed by atoms with van der Waals surface area (Å²) in [6, 6.07) is 36.5. The van der Waals surface area contributed by atoms with Crippen molar-refractivity contribution in [3.63, 3.8) is 0 Å². The van der Waals surface area contributed by atoms with Gasteiger partial charge in [0.15, 0.2) is 0 Å². The van der Waals surface area contributed by atoms with E-state index in [1.165, 1.54) is 43.8 Å². The molecule has 1 nitrogen and oxygen atoms in total. The number of rotatable bonds is 2. The largest absolute Gasteiger partial charge is 4.00 e. The van der Waals surface area contributed by atoms with E-state index < -0.39 is 0 Å². The minimum Gasteiger partial charge on any atom is -1.00 e. The second-order valence-electron chi connectivity index (χ2n) is 13.5. The SMILES string of the molecule is CC(C)(C)[NH-].CC(C)(C)c1[c-]c2c(cc1)-c1ccc(C(C)(C)C)cc1C2.[Cl-].[Cl-].[Ti+4].c1ccc([SiH]c2ccccc2)cc1. The molecule has 0 atom stereocenters.